The topological polar surface area (TPSA) is 157 Å². The van der Waals surface area contributed by atoms with Crippen molar-refractivity contribution in [3.05, 3.63) is 64.5 Å². The van der Waals surface area contributed by atoms with Crippen LogP contribution < -0.4 is 20.5 Å². The number of nitrogens with zero attached hydrogens (tertiary/aromatic N) is 3. The fourth-order valence-electron chi connectivity index (χ4n) is 12.5. The number of halogens is 5. The maximum Gasteiger partial charge on any atom is 0.453 e. The summed E-state index contributed by atoms with van der Waals surface area (Å²) in [4.78, 5) is 38.0. The summed E-state index contributed by atoms with van der Waals surface area (Å²) in [5.74, 6) is -1.08. The number of thiophene rings is 1. The molecule has 73 heavy (non-hydrogen) atoms. The third-order valence-electron chi connectivity index (χ3n) is 16.5. The number of nitrogens with two attached hydrogens (primary N) is 1. The predicted octanol–water partition coefficient (Wildman–Crippen LogP) is 12.7. The van der Waals surface area contributed by atoms with Crippen LogP contribution in [0.25, 0.3) is 21.5 Å². The van der Waals surface area contributed by atoms with E-state index in [4.69, 9.17) is 15.2 Å². The van der Waals surface area contributed by atoms with Crippen LogP contribution >= 0.6 is 11.3 Å². The van der Waals surface area contributed by atoms with Crippen molar-refractivity contribution in [3.63, 3.8) is 0 Å². The summed E-state index contributed by atoms with van der Waals surface area (Å²) >= 11 is 1.28. The molecule has 8 rings (SSSR count). The van der Waals surface area contributed by atoms with Gasteiger partial charge in [-0.3, -0.25) is 9.00 Å². The Morgan fingerprint density at radius 2 is 1.64 bits per heavy atom. The third-order valence-corrected chi connectivity index (χ3v) is 19.0. The van der Waals surface area contributed by atoms with E-state index >= 15 is 0 Å². The first-order chi connectivity index (χ1) is 34.9. The number of likely N-dealkylation sites (tertiary alicyclic amines) is 1. The Morgan fingerprint density at radius 1 is 0.904 bits per heavy atom. The molecule has 4 N–H and O–H groups in total. The minimum Gasteiger partial charge on any atom is -0.494 e. The largest absolute Gasteiger partial charge is 0.494 e. The number of piperidine rings is 1. The van der Waals surface area contributed by atoms with Crippen molar-refractivity contribution < 1.29 is 50.3 Å². The van der Waals surface area contributed by atoms with Crippen LogP contribution in [0.15, 0.2) is 48.5 Å². The van der Waals surface area contributed by atoms with Gasteiger partial charge in [0.2, 0.25) is 5.95 Å². The van der Waals surface area contributed by atoms with Crippen molar-refractivity contribution in [2.24, 2.45) is 29.1 Å². The van der Waals surface area contributed by atoms with Crippen molar-refractivity contribution >= 4 is 50.3 Å². The van der Waals surface area contributed by atoms with Crippen LogP contribution in [0, 0.1) is 29.1 Å². The summed E-state index contributed by atoms with van der Waals surface area (Å²) in [7, 11) is -1.40. The number of alkyl halides is 5. The summed E-state index contributed by atoms with van der Waals surface area (Å²) in [6, 6.07) is 15.8. The molecule has 0 radical (unpaired) electrons. The lowest BCUT2D eigenvalue weighted by molar-refractivity contribution is -0.284. The van der Waals surface area contributed by atoms with Crippen molar-refractivity contribution in [1.29, 1.82) is 0 Å². The lowest BCUT2D eigenvalue weighted by Gasteiger charge is -2.53. The van der Waals surface area contributed by atoms with Crippen LogP contribution in [0.4, 0.5) is 32.7 Å². The molecule has 1 saturated heterocycles. The summed E-state index contributed by atoms with van der Waals surface area (Å²) in [5, 5.41) is 14.8. The Hall–Kier alpha value is -4.42. The van der Waals surface area contributed by atoms with Crippen molar-refractivity contribution in [2.45, 2.75) is 154 Å². The third kappa shape index (κ3) is 13.2. The van der Waals surface area contributed by atoms with E-state index in [9.17, 15) is 40.9 Å². The molecule has 7 atom stereocenters. The SMILES string of the molecule is CCNC(=O)c1cc2c(-c3cccc(OCCC4CCN(C(=O)Oc5ccc6c(c5)C[C@@H](CCCCCCCCCS(=O)CCCC(F)(F)C(F)(F)F)C5C7CC[C@H](O)[C@@]7(C)CC[C@H]65)CC4)c3)nc(N)nc2s1. The van der Waals surface area contributed by atoms with Gasteiger partial charge in [0.05, 0.1) is 23.3 Å². The van der Waals surface area contributed by atoms with E-state index < -0.39 is 35.7 Å². The standard InChI is InChI=1S/C55H72F5N5O6S2/c1-3-62-49(67)45-34-43-48(63-51(61)64-50(43)72-45)37-14-11-15-39(32-37)70-28-23-35-21-26-65(27-22-35)52(68)71-40-16-17-41-38(33-40)31-36(47-42(41)20-25-53(2)44(47)18-19-46(53)66)13-9-7-5-4-6-8-10-29-73(69)30-12-24-54(56,57)55(58,59)60/h11,14-17,32-36,42,44,46-47,66H,3-10,12-13,18-31H2,1-2H3,(H,62,67)(H2,61,63,64)/t36-,42-,44?,46+,47?,53+,73?/m1/s1. The Bertz CT molecular complexity index is 2550. The minimum absolute atomic E-state index is 0.0646. The molecule has 11 nitrogen and oxygen atoms in total. The van der Waals surface area contributed by atoms with Gasteiger partial charge in [-0.05, 0) is 154 Å². The van der Waals surface area contributed by atoms with Gasteiger partial charge in [0.25, 0.3) is 5.91 Å². The highest BCUT2D eigenvalue weighted by molar-refractivity contribution is 7.84. The Kier molecular flexibility index (Phi) is 18.1. The molecule has 2 aromatic carbocycles. The number of fused-ring (bicyclic) bond motifs is 6. The summed E-state index contributed by atoms with van der Waals surface area (Å²) in [6.45, 7) is 6.43. The van der Waals surface area contributed by atoms with Crippen molar-refractivity contribution in [3.8, 4) is 22.8 Å². The molecule has 3 heterocycles. The number of ether oxygens (including phenoxy) is 2. The monoisotopic (exact) mass is 1060 g/mol. The number of benzene rings is 2. The average molecular weight is 1060 g/mol. The molecule has 2 saturated carbocycles. The molecular formula is C55H72F5N5O6S2. The number of aromatic nitrogens is 2. The maximum absolute atomic E-state index is 13.6. The van der Waals surface area contributed by atoms with Gasteiger partial charge < -0.3 is 30.5 Å². The van der Waals surface area contributed by atoms with Gasteiger partial charge in [-0.15, -0.1) is 11.3 Å². The van der Waals surface area contributed by atoms with Crippen LogP contribution in [0.5, 0.6) is 11.5 Å². The number of hydrogen-bond donors (Lipinski definition) is 3. The molecule has 3 unspecified atom stereocenters. The molecule has 2 aromatic heterocycles. The second kappa shape index (κ2) is 24.1. The van der Waals surface area contributed by atoms with Crippen LogP contribution in [-0.4, -0.2) is 92.1 Å². The zero-order valence-electron chi connectivity index (χ0n) is 42.2. The number of amides is 2. The van der Waals surface area contributed by atoms with E-state index in [1.54, 1.807) is 6.07 Å². The average Bonchev–Trinajstić information content (AvgIpc) is 3.92. The second-order valence-corrected chi connectivity index (χ2v) is 24.0. The van der Waals surface area contributed by atoms with E-state index in [0.717, 1.165) is 107 Å². The normalized spacial score (nSPS) is 23.7. The highest BCUT2D eigenvalue weighted by Crippen LogP contribution is 2.63. The molecule has 4 aliphatic rings. The van der Waals surface area contributed by atoms with E-state index in [1.807, 2.05) is 42.2 Å². The molecule has 3 aliphatic carbocycles. The van der Waals surface area contributed by atoms with Crippen LogP contribution in [0.2, 0.25) is 0 Å². The molecule has 18 heteroatoms. The Morgan fingerprint density at radius 3 is 2.40 bits per heavy atom. The van der Waals surface area contributed by atoms with Gasteiger partial charge in [-0.1, -0.05) is 63.6 Å². The summed E-state index contributed by atoms with van der Waals surface area (Å²) in [6.07, 6.45) is 7.32. The number of nitrogens with one attached hydrogen (secondary N) is 1. The molecular weight excluding hydrogens is 986 g/mol. The number of aliphatic hydroxyl groups is 1. The fraction of sp³-hybridized carbons (Fsp3) is 0.636. The Balaban J connectivity index is 0.785. The fourth-order valence-corrected chi connectivity index (χ4v) is 14.7. The van der Waals surface area contributed by atoms with E-state index in [1.165, 1.54) is 22.5 Å². The molecule has 2 amide bonds. The number of carbonyl (C=O) groups excluding carboxylic acids is 2. The Labute approximate surface area is 432 Å². The summed E-state index contributed by atoms with van der Waals surface area (Å²) in [5.41, 5.74) is 10.1. The zero-order chi connectivity index (χ0) is 51.9. The molecule has 0 spiro atoms. The number of carbonyl (C=O) groups is 2. The maximum atomic E-state index is 13.6. The first-order valence-corrected chi connectivity index (χ1v) is 28.9. The number of hydrogen-bond acceptors (Lipinski definition) is 10. The molecule has 0 bridgehead atoms. The molecule has 400 valence electrons. The highest BCUT2D eigenvalue weighted by atomic mass is 32.2. The number of aliphatic hydroxyl groups excluding tert-OH is 1. The van der Waals surface area contributed by atoms with Gasteiger partial charge >= 0.3 is 18.2 Å². The van der Waals surface area contributed by atoms with Gasteiger partial charge in [-0.25, -0.2) is 14.8 Å². The minimum atomic E-state index is -5.57. The lowest BCUT2D eigenvalue weighted by Crippen LogP contribution is -2.47. The number of rotatable bonds is 22. The van der Waals surface area contributed by atoms with E-state index in [-0.39, 0.29) is 35.2 Å². The van der Waals surface area contributed by atoms with Gasteiger partial charge in [0.1, 0.15) is 16.3 Å². The molecule has 1 aliphatic heterocycles. The summed E-state index contributed by atoms with van der Waals surface area (Å²) < 4.78 is 88.1. The van der Waals surface area contributed by atoms with E-state index in [0.29, 0.717) is 94.9 Å². The smallest absolute Gasteiger partial charge is 0.453 e. The van der Waals surface area contributed by atoms with Crippen molar-refractivity contribution in [1.82, 2.24) is 20.2 Å². The zero-order valence-corrected chi connectivity index (χ0v) is 43.8. The van der Waals surface area contributed by atoms with Gasteiger partial charge in [-0.2, -0.15) is 22.0 Å². The molecule has 3 fully saturated rings. The van der Waals surface area contributed by atoms with Crippen LogP contribution in [-0.2, 0) is 17.2 Å². The van der Waals surface area contributed by atoms with Crippen molar-refractivity contribution in [2.75, 3.05) is 43.5 Å². The first-order valence-electron chi connectivity index (χ1n) is 26.6. The molecule has 4 aromatic rings. The lowest BCUT2D eigenvalue weighted by atomic mass is 9.52. The highest BCUT2D eigenvalue weighted by Gasteiger charge is 2.57. The number of anilines is 1. The second-order valence-electron chi connectivity index (χ2n) is 21.3. The van der Waals surface area contributed by atoms with Crippen LogP contribution in [0.3, 0.4) is 0 Å². The van der Waals surface area contributed by atoms with Gasteiger partial charge in [0.15, 0.2) is 0 Å². The van der Waals surface area contributed by atoms with Crippen LogP contribution in [0.1, 0.15) is 150 Å². The quantitative estimate of drug-likeness (QED) is 0.0515. The number of unbranched alkanes of at least 4 members (excludes halogenated alkanes) is 6. The first kappa shape index (κ1) is 54.8. The predicted molar refractivity (Wildman–Crippen MR) is 277 cm³/mol. The number of nitrogen functional groups attached to an aromatic ring is 1. The van der Waals surface area contributed by atoms with Gasteiger partial charge in [0, 0.05) is 59.3 Å². The van der Waals surface area contributed by atoms with E-state index in [2.05, 4.69) is 34.3 Å².